The van der Waals surface area contributed by atoms with Crippen molar-refractivity contribution in [2.75, 3.05) is 51.4 Å². The van der Waals surface area contributed by atoms with Gasteiger partial charge in [0, 0.05) is 32.7 Å². The third-order valence-corrected chi connectivity index (χ3v) is 7.29. The number of benzene rings is 3. The molecule has 3 aromatic carbocycles. The first-order valence-electron chi connectivity index (χ1n) is 13.5. The second-order valence-electron chi connectivity index (χ2n) is 9.89. The zero-order chi connectivity index (χ0) is 26.2. The van der Waals surface area contributed by atoms with E-state index in [9.17, 15) is 4.39 Å². The summed E-state index contributed by atoms with van der Waals surface area (Å²) in [5, 5.41) is 3.49. The van der Waals surface area contributed by atoms with Crippen LogP contribution < -0.4 is 19.7 Å². The molecule has 6 nitrogen and oxygen atoms in total. The van der Waals surface area contributed by atoms with Crippen molar-refractivity contribution in [3.8, 4) is 11.5 Å². The van der Waals surface area contributed by atoms with Gasteiger partial charge in [-0.15, -0.1) is 0 Å². The van der Waals surface area contributed by atoms with Crippen molar-refractivity contribution in [1.82, 2.24) is 5.32 Å². The highest BCUT2D eigenvalue weighted by molar-refractivity contribution is 5.61. The fourth-order valence-corrected chi connectivity index (χ4v) is 5.21. The predicted molar refractivity (Wildman–Crippen MR) is 147 cm³/mol. The fourth-order valence-electron chi connectivity index (χ4n) is 5.21. The Morgan fingerprint density at radius 2 is 1.87 bits per heavy atom. The Hall–Kier alpha value is -3.13. The minimum atomic E-state index is -0.343. The van der Waals surface area contributed by atoms with Crippen LogP contribution in [-0.4, -0.2) is 52.6 Å². The summed E-state index contributed by atoms with van der Waals surface area (Å²) in [5.41, 5.74) is 4.56. The van der Waals surface area contributed by atoms with Crippen LogP contribution in [-0.2, 0) is 22.7 Å². The van der Waals surface area contributed by atoms with E-state index in [4.69, 9.17) is 18.9 Å². The molecule has 1 unspecified atom stereocenters. The number of nitrogens with zero attached hydrogens (tertiary/aromatic N) is 1. The third-order valence-electron chi connectivity index (χ3n) is 7.29. The maximum atomic E-state index is 13.8. The molecule has 2 aliphatic rings. The molecule has 0 bridgehead atoms. The number of ether oxygens (including phenoxy) is 4. The topological polar surface area (TPSA) is 52.2 Å². The highest BCUT2D eigenvalue weighted by Crippen LogP contribution is 2.34. The van der Waals surface area contributed by atoms with Crippen molar-refractivity contribution in [2.45, 2.75) is 38.1 Å². The van der Waals surface area contributed by atoms with E-state index in [-0.39, 0.29) is 17.7 Å². The fraction of sp³-hybridized carbons (Fsp3) is 0.419. The number of anilines is 1. The molecule has 2 heterocycles. The Labute approximate surface area is 224 Å². The van der Waals surface area contributed by atoms with Crippen molar-refractivity contribution in [3.63, 3.8) is 0 Å². The number of nitrogens with one attached hydrogen (secondary N) is 1. The second-order valence-corrected chi connectivity index (χ2v) is 9.89. The lowest BCUT2D eigenvalue weighted by Gasteiger charge is -2.33. The van der Waals surface area contributed by atoms with Crippen LogP contribution in [0.25, 0.3) is 0 Å². The van der Waals surface area contributed by atoms with Crippen molar-refractivity contribution >= 4 is 5.69 Å². The van der Waals surface area contributed by atoms with E-state index in [0.717, 1.165) is 68.2 Å². The minimum absolute atomic E-state index is 0.0781. The largest absolute Gasteiger partial charge is 0.490 e. The minimum Gasteiger partial charge on any atom is -0.490 e. The molecule has 1 fully saturated rings. The number of rotatable bonds is 11. The molecule has 0 amide bonds. The van der Waals surface area contributed by atoms with Gasteiger partial charge in [-0.05, 0) is 60.3 Å². The molecule has 3 aromatic rings. The number of piperidine rings is 1. The number of methoxy groups -OCH3 is 1. The van der Waals surface area contributed by atoms with Gasteiger partial charge in [0.2, 0.25) is 0 Å². The van der Waals surface area contributed by atoms with Crippen LogP contribution in [0, 0.1) is 5.82 Å². The maximum absolute atomic E-state index is 13.8. The average molecular weight is 521 g/mol. The zero-order valence-electron chi connectivity index (χ0n) is 22.0. The summed E-state index contributed by atoms with van der Waals surface area (Å²) in [6, 6.07) is 21.3. The van der Waals surface area contributed by atoms with Crippen LogP contribution in [0.3, 0.4) is 0 Å². The highest BCUT2D eigenvalue weighted by Gasteiger charge is 2.27. The molecule has 0 aromatic heterocycles. The van der Waals surface area contributed by atoms with Gasteiger partial charge in [-0.3, -0.25) is 0 Å². The molecule has 0 radical (unpaired) electrons. The van der Waals surface area contributed by atoms with Gasteiger partial charge in [-0.2, -0.15) is 0 Å². The van der Waals surface area contributed by atoms with Crippen molar-refractivity contribution in [2.24, 2.45) is 0 Å². The summed E-state index contributed by atoms with van der Waals surface area (Å²) < 4.78 is 37.1. The zero-order valence-corrected chi connectivity index (χ0v) is 22.0. The van der Waals surface area contributed by atoms with E-state index >= 15 is 0 Å². The molecule has 0 aliphatic carbocycles. The maximum Gasteiger partial charge on any atom is 0.165 e. The van der Waals surface area contributed by atoms with E-state index in [1.54, 1.807) is 25.3 Å². The molecule has 0 saturated carbocycles. The first kappa shape index (κ1) is 26.5. The second kappa shape index (κ2) is 13.1. The first-order valence-corrected chi connectivity index (χ1v) is 13.5. The van der Waals surface area contributed by atoms with Crippen molar-refractivity contribution in [1.29, 1.82) is 0 Å². The van der Waals surface area contributed by atoms with E-state index in [1.807, 2.05) is 0 Å². The third kappa shape index (κ3) is 6.65. The van der Waals surface area contributed by atoms with Crippen molar-refractivity contribution in [3.05, 3.63) is 89.2 Å². The summed E-state index contributed by atoms with van der Waals surface area (Å²) in [4.78, 5) is 2.38. The van der Waals surface area contributed by atoms with Gasteiger partial charge in [0.1, 0.15) is 19.0 Å². The lowest BCUT2D eigenvalue weighted by Crippen LogP contribution is -2.41. The number of halogens is 1. The molecular weight excluding hydrogens is 483 g/mol. The summed E-state index contributed by atoms with van der Waals surface area (Å²) in [6.07, 6.45) is 2.08. The molecule has 7 heteroatoms. The van der Waals surface area contributed by atoms with E-state index < -0.39 is 0 Å². The summed E-state index contributed by atoms with van der Waals surface area (Å²) >= 11 is 0. The Kier molecular flexibility index (Phi) is 9.12. The van der Waals surface area contributed by atoms with Gasteiger partial charge >= 0.3 is 0 Å². The molecule has 5 rings (SSSR count). The molecule has 202 valence electrons. The summed E-state index contributed by atoms with van der Waals surface area (Å²) in [6.45, 7) is 5.97. The smallest absolute Gasteiger partial charge is 0.165 e. The van der Waals surface area contributed by atoms with Gasteiger partial charge in [-0.1, -0.05) is 42.5 Å². The lowest BCUT2D eigenvalue weighted by molar-refractivity contribution is 0.0106. The predicted octanol–water partition coefficient (Wildman–Crippen LogP) is 5.30. The Morgan fingerprint density at radius 3 is 2.71 bits per heavy atom. The Morgan fingerprint density at radius 1 is 1.03 bits per heavy atom. The highest BCUT2D eigenvalue weighted by atomic mass is 19.1. The first-order chi connectivity index (χ1) is 18.7. The van der Waals surface area contributed by atoms with Crippen LogP contribution in [0.5, 0.6) is 11.5 Å². The van der Waals surface area contributed by atoms with Crippen LogP contribution in [0.4, 0.5) is 10.1 Å². The van der Waals surface area contributed by atoms with E-state index in [2.05, 4.69) is 52.7 Å². The van der Waals surface area contributed by atoms with E-state index in [0.29, 0.717) is 25.7 Å². The number of hydrogen-bond donors (Lipinski definition) is 1. The van der Waals surface area contributed by atoms with Gasteiger partial charge in [-0.25, -0.2) is 4.39 Å². The summed E-state index contributed by atoms with van der Waals surface area (Å²) in [5.74, 6) is 1.18. The number of fused-ring (bicyclic) bond motifs is 1. The molecular formula is C31H37FN2O4. The molecule has 2 aliphatic heterocycles. The van der Waals surface area contributed by atoms with Gasteiger partial charge in [0.15, 0.2) is 11.6 Å². The lowest BCUT2D eigenvalue weighted by atomic mass is 9.87. The van der Waals surface area contributed by atoms with Gasteiger partial charge in [0.25, 0.3) is 0 Å². The van der Waals surface area contributed by atoms with Crippen LogP contribution in [0.2, 0.25) is 0 Å². The van der Waals surface area contributed by atoms with Crippen molar-refractivity contribution < 1.29 is 23.3 Å². The monoisotopic (exact) mass is 520 g/mol. The van der Waals surface area contributed by atoms with Crippen LogP contribution in [0.15, 0.2) is 66.7 Å². The van der Waals surface area contributed by atoms with Crippen LogP contribution >= 0.6 is 0 Å². The summed E-state index contributed by atoms with van der Waals surface area (Å²) in [7, 11) is 1.74. The van der Waals surface area contributed by atoms with E-state index in [1.165, 1.54) is 11.6 Å². The number of para-hydroxylation sites is 1. The average Bonchev–Trinajstić information content (AvgIpc) is 2.96. The van der Waals surface area contributed by atoms with Crippen LogP contribution in [0.1, 0.15) is 35.4 Å². The molecule has 38 heavy (non-hydrogen) atoms. The van der Waals surface area contributed by atoms with Gasteiger partial charge in [0.05, 0.1) is 24.9 Å². The Balaban J connectivity index is 1.20. The molecule has 0 spiro atoms. The molecule has 1 saturated heterocycles. The molecule has 2 atom stereocenters. The SMILES string of the molecule is COCCCN1CCOc2ccc(COC3CNCC[C@@H]3c3ccc(COc4ccccc4F)cc3)cc21. The normalized spacial score (nSPS) is 19.1. The molecule has 1 N–H and O–H groups in total. The number of hydrogen-bond acceptors (Lipinski definition) is 6. The van der Waals surface area contributed by atoms with Gasteiger partial charge < -0.3 is 29.2 Å². The Bertz CT molecular complexity index is 1170. The quantitative estimate of drug-likeness (QED) is 0.346. The standard InChI is InChI=1S/C31H37FN2O4/c1-35-17-4-15-34-16-18-36-30-12-9-24(19-28(30)34)22-38-31-20-33-14-13-26(31)25-10-7-23(8-11-25)21-37-29-6-3-2-5-27(29)32/h2-3,5-12,19,26,31,33H,4,13-18,20-22H2,1H3/t26-,31?/m1/s1.